The molecule has 5 heteroatoms. The number of nitrogens with zero attached hydrogens (tertiary/aromatic N) is 1. The molecule has 0 aliphatic heterocycles. The van der Waals surface area contributed by atoms with E-state index in [1.807, 2.05) is 0 Å². The Labute approximate surface area is 106 Å². The minimum absolute atomic E-state index is 0.119. The van der Waals surface area contributed by atoms with Crippen LogP contribution in [0.1, 0.15) is 60.7 Å². The van der Waals surface area contributed by atoms with Crippen molar-refractivity contribution in [1.82, 2.24) is 10.5 Å². The molecule has 18 heavy (non-hydrogen) atoms. The highest BCUT2D eigenvalue weighted by atomic mass is 16.5. The summed E-state index contributed by atoms with van der Waals surface area (Å²) in [5.74, 6) is 1.23. The molecule has 0 saturated heterocycles. The van der Waals surface area contributed by atoms with E-state index in [1.54, 1.807) is 6.07 Å². The number of nitrogens with two attached hydrogens (primary N) is 1. The van der Waals surface area contributed by atoms with Crippen LogP contribution < -0.4 is 11.1 Å². The molecule has 1 aromatic heterocycles. The first-order valence-corrected chi connectivity index (χ1v) is 6.75. The monoisotopic (exact) mass is 249 g/mol. The van der Waals surface area contributed by atoms with Gasteiger partial charge in [0.1, 0.15) is 5.76 Å². The van der Waals surface area contributed by atoms with Crippen molar-refractivity contribution in [3.05, 3.63) is 17.5 Å². The largest absolute Gasteiger partial charge is 0.360 e. The highest BCUT2D eigenvalue weighted by molar-refractivity contribution is 5.92. The number of carbonyl (C=O) groups is 1. The number of nitrogens with one attached hydrogen (secondary N) is 1. The predicted molar refractivity (Wildman–Crippen MR) is 66.2 cm³/mol. The van der Waals surface area contributed by atoms with Crippen molar-refractivity contribution in [2.24, 2.45) is 5.73 Å². The number of rotatable bonds is 3. The predicted octanol–water partition coefficient (Wildman–Crippen LogP) is 1.55. The summed E-state index contributed by atoms with van der Waals surface area (Å²) in [5, 5.41) is 6.86. The average Bonchev–Trinajstić information content (AvgIpc) is 3.10. The number of hydrogen-bond acceptors (Lipinski definition) is 4. The Hall–Kier alpha value is -1.36. The number of hydrogen-bond donors (Lipinski definition) is 2. The van der Waals surface area contributed by atoms with Crippen LogP contribution in [-0.4, -0.2) is 23.1 Å². The van der Waals surface area contributed by atoms with E-state index >= 15 is 0 Å². The average molecular weight is 249 g/mol. The highest BCUT2D eigenvalue weighted by Gasteiger charge is 2.29. The minimum atomic E-state index is -0.119. The first-order valence-electron chi connectivity index (χ1n) is 6.75. The lowest BCUT2D eigenvalue weighted by atomic mass is 9.92. The van der Waals surface area contributed by atoms with Crippen LogP contribution in [0, 0.1) is 0 Å². The zero-order chi connectivity index (χ0) is 12.5. The summed E-state index contributed by atoms with van der Waals surface area (Å²) in [4.78, 5) is 12.0. The zero-order valence-electron chi connectivity index (χ0n) is 10.4. The van der Waals surface area contributed by atoms with Gasteiger partial charge >= 0.3 is 0 Å². The van der Waals surface area contributed by atoms with E-state index in [0.717, 1.165) is 44.3 Å². The van der Waals surface area contributed by atoms with Gasteiger partial charge in [0.15, 0.2) is 5.69 Å². The van der Waals surface area contributed by atoms with Crippen molar-refractivity contribution in [1.29, 1.82) is 0 Å². The lowest BCUT2D eigenvalue weighted by Gasteiger charge is -2.26. The molecule has 1 aromatic rings. The van der Waals surface area contributed by atoms with Gasteiger partial charge in [0.25, 0.3) is 5.91 Å². The molecule has 0 aromatic carbocycles. The maximum atomic E-state index is 12.0. The molecule has 0 radical (unpaired) electrons. The normalized spacial score (nSPS) is 28.1. The fourth-order valence-electron chi connectivity index (χ4n) is 2.48. The van der Waals surface area contributed by atoms with Crippen molar-refractivity contribution < 1.29 is 9.32 Å². The van der Waals surface area contributed by atoms with Crippen LogP contribution in [-0.2, 0) is 0 Å². The van der Waals surface area contributed by atoms with Crippen molar-refractivity contribution in [2.45, 2.75) is 56.5 Å². The minimum Gasteiger partial charge on any atom is -0.360 e. The lowest BCUT2D eigenvalue weighted by Crippen LogP contribution is -2.40. The Kier molecular flexibility index (Phi) is 3.07. The maximum absolute atomic E-state index is 12.0. The van der Waals surface area contributed by atoms with Gasteiger partial charge < -0.3 is 15.6 Å². The van der Waals surface area contributed by atoms with Crippen molar-refractivity contribution in [2.75, 3.05) is 0 Å². The summed E-state index contributed by atoms with van der Waals surface area (Å²) in [6.45, 7) is 0. The van der Waals surface area contributed by atoms with Gasteiger partial charge in [-0.3, -0.25) is 4.79 Å². The molecule has 2 fully saturated rings. The van der Waals surface area contributed by atoms with E-state index in [-0.39, 0.29) is 11.9 Å². The molecule has 0 spiro atoms. The van der Waals surface area contributed by atoms with Gasteiger partial charge in [-0.05, 0) is 38.5 Å². The summed E-state index contributed by atoms with van der Waals surface area (Å²) >= 11 is 0. The third-order valence-electron chi connectivity index (χ3n) is 3.85. The molecule has 0 unspecified atom stereocenters. The standard InChI is InChI=1S/C13H19N3O2/c14-9-3-5-10(6-4-9)15-13(17)11-7-12(18-16-11)8-1-2-8/h7-10H,1-6,14H2,(H,15,17)/t9-,10-. The fraction of sp³-hybridized carbons (Fsp3) is 0.692. The zero-order valence-corrected chi connectivity index (χ0v) is 10.4. The second kappa shape index (κ2) is 4.72. The van der Waals surface area contributed by atoms with Gasteiger partial charge in [-0.15, -0.1) is 0 Å². The topological polar surface area (TPSA) is 81.1 Å². The highest BCUT2D eigenvalue weighted by Crippen LogP contribution is 2.40. The van der Waals surface area contributed by atoms with Gasteiger partial charge in [0.2, 0.25) is 0 Å². The number of carbonyl (C=O) groups excluding carboxylic acids is 1. The van der Waals surface area contributed by atoms with E-state index in [9.17, 15) is 4.79 Å². The van der Waals surface area contributed by atoms with Gasteiger partial charge in [-0.2, -0.15) is 0 Å². The molecule has 1 heterocycles. The molecule has 2 aliphatic rings. The van der Waals surface area contributed by atoms with Crippen molar-refractivity contribution in [3.63, 3.8) is 0 Å². The Morgan fingerprint density at radius 2 is 2.00 bits per heavy atom. The smallest absolute Gasteiger partial charge is 0.273 e. The summed E-state index contributed by atoms with van der Waals surface area (Å²) in [5.41, 5.74) is 6.25. The van der Waals surface area contributed by atoms with Crippen molar-refractivity contribution >= 4 is 5.91 Å². The van der Waals surface area contributed by atoms with E-state index in [0.29, 0.717) is 17.7 Å². The Bertz CT molecular complexity index is 431. The van der Waals surface area contributed by atoms with Crippen molar-refractivity contribution in [3.8, 4) is 0 Å². The summed E-state index contributed by atoms with van der Waals surface area (Å²) in [7, 11) is 0. The third-order valence-corrected chi connectivity index (χ3v) is 3.85. The Balaban J connectivity index is 1.56. The van der Waals surface area contributed by atoms with Gasteiger partial charge in [-0.1, -0.05) is 5.16 Å². The van der Waals surface area contributed by atoms with Crippen LogP contribution in [0.15, 0.2) is 10.6 Å². The molecule has 98 valence electrons. The van der Waals surface area contributed by atoms with Crippen LogP contribution in [0.4, 0.5) is 0 Å². The molecule has 2 saturated carbocycles. The van der Waals surface area contributed by atoms with Crippen LogP contribution in [0.25, 0.3) is 0 Å². The molecule has 3 rings (SSSR count). The second-order valence-corrected chi connectivity index (χ2v) is 5.47. The molecular formula is C13H19N3O2. The summed E-state index contributed by atoms with van der Waals surface area (Å²) in [6.07, 6.45) is 6.18. The Morgan fingerprint density at radius 1 is 1.28 bits per heavy atom. The molecule has 0 atom stereocenters. The molecule has 1 amide bonds. The van der Waals surface area contributed by atoms with E-state index in [1.165, 1.54) is 0 Å². The van der Waals surface area contributed by atoms with Crippen LogP contribution in [0.5, 0.6) is 0 Å². The lowest BCUT2D eigenvalue weighted by molar-refractivity contribution is 0.0916. The van der Waals surface area contributed by atoms with Crippen LogP contribution in [0.2, 0.25) is 0 Å². The number of amides is 1. The first-order chi connectivity index (χ1) is 8.72. The van der Waals surface area contributed by atoms with E-state index in [4.69, 9.17) is 10.3 Å². The summed E-state index contributed by atoms with van der Waals surface area (Å²) in [6, 6.07) is 2.31. The van der Waals surface area contributed by atoms with E-state index in [2.05, 4.69) is 10.5 Å². The van der Waals surface area contributed by atoms with E-state index < -0.39 is 0 Å². The molecule has 3 N–H and O–H groups in total. The first kappa shape index (κ1) is 11.7. The van der Waals surface area contributed by atoms with Crippen LogP contribution >= 0.6 is 0 Å². The van der Waals surface area contributed by atoms with Crippen LogP contribution in [0.3, 0.4) is 0 Å². The van der Waals surface area contributed by atoms with Gasteiger partial charge in [0, 0.05) is 24.1 Å². The fourth-order valence-corrected chi connectivity index (χ4v) is 2.48. The molecular weight excluding hydrogens is 230 g/mol. The molecule has 0 bridgehead atoms. The maximum Gasteiger partial charge on any atom is 0.273 e. The Morgan fingerprint density at radius 3 is 2.67 bits per heavy atom. The summed E-state index contributed by atoms with van der Waals surface area (Å²) < 4.78 is 5.19. The quantitative estimate of drug-likeness (QED) is 0.851. The van der Waals surface area contributed by atoms with Gasteiger partial charge in [-0.25, -0.2) is 0 Å². The SMILES string of the molecule is N[C@H]1CC[C@H](NC(=O)c2cc(C3CC3)on2)CC1. The van der Waals surface area contributed by atoms with Gasteiger partial charge in [0.05, 0.1) is 0 Å². The third kappa shape index (κ3) is 2.56. The second-order valence-electron chi connectivity index (χ2n) is 5.47. The molecule has 5 nitrogen and oxygen atoms in total. The molecule has 2 aliphatic carbocycles. The number of aromatic nitrogens is 1.